The number of aromatic nitrogens is 3. The fourth-order valence-corrected chi connectivity index (χ4v) is 4.36. The summed E-state index contributed by atoms with van der Waals surface area (Å²) in [6.45, 7) is 0. The first-order chi connectivity index (χ1) is 14.1. The molecule has 0 radical (unpaired) electrons. The van der Waals surface area contributed by atoms with Crippen LogP contribution < -0.4 is 5.32 Å². The van der Waals surface area contributed by atoms with Gasteiger partial charge in [-0.1, -0.05) is 6.07 Å². The summed E-state index contributed by atoms with van der Waals surface area (Å²) in [6, 6.07) is 5.85. The van der Waals surface area contributed by atoms with Crippen LogP contribution in [0.2, 0.25) is 0 Å². The molecule has 2 aromatic heterocycles. The van der Waals surface area contributed by atoms with E-state index in [2.05, 4.69) is 20.5 Å². The van der Waals surface area contributed by atoms with Gasteiger partial charge in [0.05, 0.1) is 12.2 Å². The number of halogens is 2. The zero-order valence-corrected chi connectivity index (χ0v) is 15.6. The highest BCUT2D eigenvalue weighted by atomic mass is 19.3. The highest BCUT2D eigenvalue weighted by Crippen LogP contribution is 2.38. The number of aromatic hydroxyl groups is 1. The lowest BCUT2D eigenvalue weighted by Crippen LogP contribution is -2.34. The predicted octanol–water partition coefficient (Wildman–Crippen LogP) is 4.46. The van der Waals surface area contributed by atoms with Crippen LogP contribution in [0.4, 0.5) is 14.6 Å². The minimum atomic E-state index is -2.65. The number of nitrogens with zero attached hydrogens (tertiary/aromatic N) is 3. The summed E-state index contributed by atoms with van der Waals surface area (Å²) in [5.41, 5.74) is 0.546. The van der Waals surface area contributed by atoms with Gasteiger partial charge in [-0.25, -0.2) is 8.78 Å². The van der Waals surface area contributed by atoms with Crippen LogP contribution in [-0.4, -0.2) is 38.5 Å². The molecule has 6 nitrogen and oxygen atoms in total. The van der Waals surface area contributed by atoms with Crippen LogP contribution in [0, 0.1) is 0 Å². The second-order valence-electron chi connectivity index (χ2n) is 7.67. The van der Waals surface area contributed by atoms with Crippen molar-refractivity contribution >= 4 is 16.6 Å². The third kappa shape index (κ3) is 3.37. The van der Waals surface area contributed by atoms with E-state index in [4.69, 9.17) is 4.74 Å². The number of pyridine rings is 1. The van der Waals surface area contributed by atoms with Gasteiger partial charge in [-0.15, -0.1) is 10.2 Å². The van der Waals surface area contributed by atoms with Gasteiger partial charge in [0.2, 0.25) is 0 Å². The second kappa shape index (κ2) is 7.18. The van der Waals surface area contributed by atoms with E-state index in [-0.39, 0.29) is 17.4 Å². The molecule has 29 heavy (non-hydrogen) atoms. The van der Waals surface area contributed by atoms with Crippen molar-refractivity contribution in [1.82, 2.24) is 15.2 Å². The zero-order valence-electron chi connectivity index (χ0n) is 15.6. The van der Waals surface area contributed by atoms with E-state index in [9.17, 15) is 13.9 Å². The molecule has 2 aliphatic rings. The van der Waals surface area contributed by atoms with Gasteiger partial charge in [-0.2, -0.15) is 0 Å². The van der Waals surface area contributed by atoms with Crippen LogP contribution in [-0.2, 0) is 4.74 Å². The Kier molecular flexibility index (Phi) is 4.50. The van der Waals surface area contributed by atoms with Crippen molar-refractivity contribution in [2.45, 2.75) is 50.4 Å². The number of hydrogen-bond donors (Lipinski definition) is 2. The molecule has 2 fully saturated rings. The number of phenolic OH excluding ortho intramolecular Hbond substituents is 1. The highest BCUT2D eigenvalue weighted by molar-refractivity contribution is 6.00. The fourth-order valence-electron chi connectivity index (χ4n) is 4.36. The number of rotatable bonds is 4. The lowest BCUT2D eigenvalue weighted by molar-refractivity contribution is 0.000662. The average molecular weight is 398 g/mol. The standard InChI is InChI=1S/C21H20F2N4O2/c22-20(23)11-1-4-16(18(28)7-11)19-15-5-6-24-10-17(15)21(27-26-19)25-12-8-13-2-3-14(9-12)29-13/h1,4-7,10,12-14,20,28H,2-3,8-9H2,(H,25,27). The average Bonchev–Trinajstić information content (AvgIpc) is 3.06. The van der Waals surface area contributed by atoms with Crippen molar-refractivity contribution < 1.29 is 18.6 Å². The first-order valence-electron chi connectivity index (χ1n) is 9.72. The van der Waals surface area contributed by atoms with Gasteiger partial charge >= 0.3 is 0 Å². The summed E-state index contributed by atoms with van der Waals surface area (Å²) >= 11 is 0. The first-order valence-corrected chi connectivity index (χ1v) is 9.72. The molecule has 2 N–H and O–H groups in total. The van der Waals surface area contributed by atoms with Gasteiger partial charge in [-0.3, -0.25) is 4.98 Å². The molecule has 0 saturated carbocycles. The van der Waals surface area contributed by atoms with Crippen molar-refractivity contribution in [3.8, 4) is 17.0 Å². The Morgan fingerprint density at radius 2 is 1.86 bits per heavy atom. The molecule has 2 saturated heterocycles. The molecule has 0 spiro atoms. The van der Waals surface area contributed by atoms with Crippen LogP contribution in [0.3, 0.4) is 0 Å². The third-order valence-corrected chi connectivity index (χ3v) is 5.74. The maximum absolute atomic E-state index is 12.9. The van der Waals surface area contributed by atoms with E-state index < -0.39 is 6.43 Å². The molecular weight excluding hydrogens is 378 g/mol. The molecule has 4 heterocycles. The topological polar surface area (TPSA) is 80.2 Å². The highest BCUT2D eigenvalue weighted by Gasteiger charge is 2.35. The Balaban J connectivity index is 1.52. The molecular formula is C21H20F2N4O2. The summed E-state index contributed by atoms with van der Waals surface area (Å²) < 4.78 is 31.7. The van der Waals surface area contributed by atoms with Gasteiger partial charge in [-0.05, 0) is 43.9 Å². The summed E-state index contributed by atoms with van der Waals surface area (Å²) in [5, 5.41) is 24.0. The van der Waals surface area contributed by atoms with E-state index in [1.807, 2.05) is 0 Å². The van der Waals surface area contributed by atoms with Gasteiger partial charge in [0, 0.05) is 40.3 Å². The number of ether oxygens (including phenoxy) is 1. The van der Waals surface area contributed by atoms with E-state index >= 15 is 0 Å². The number of anilines is 1. The zero-order chi connectivity index (χ0) is 20.0. The normalized spacial score (nSPS) is 23.6. The van der Waals surface area contributed by atoms with Crippen molar-refractivity contribution in [3.63, 3.8) is 0 Å². The lowest BCUT2D eigenvalue weighted by atomic mass is 10.0. The predicted molar refractivity (Wildman–Crippen MR) is 104 cm³/mol. The number of phenols is 1. The second-order valence-corrected chi connectivity index (χ2v) is 7.67. The van der Waals surface area contributed by atoms with Crippen molar-refractivity contribution in [1.29, 1.82) is 0 Å². The lowest BCUT2D eigenvalue weighted by Gasteiger charge is -2.29. The maximum Gasteiger partial charge on any atom is 0.263 e. The fraction of sp³-hybridized carbons (Fsp3) is 0.381. The monoisotopic (exact) mass is 398 g/mol. The minimum Gasteiger partial charge on any atom is -0.507 e. The Labute approximate surface area is 165 Å². The largest absolute Gasteiger partial charge is 0.507 e. The Bertz CT molecular complexity index is 1050. The van der Waals surface area contributed by atoms with Crippen molar-refractivity contribution in [2.75, 3.05) is 5.32 Å². The van der Waals surface area contributed by atoms with Gasteiger partial charge in [0.25, 0.3) is 6.43 Å². The van der Waals surface area contributed by atoms with Crippen LogP contribution in [0.15, 0.2) is 36.7 Å². The molecule has 2 bridgehead atoms. The quantitative estimate of drug-likeness (QED) is 0.676. The molecule has 2 atom stereocenters. The summed E-state index contributed by atoms with van der Waals surface area (Å²) in [6.07, 6.45) is 5.34. The van der Waals surface area contributed by atoms with Crippen LogP contribution in [0.1, 0.15) is 37.7 Å². The molecule has 2 unspecified atom stereocenters. The van der Waals surface area contributed by atoms with Crippen LogP contribution in [0.5, 0.6) is 5.75 Å². The Morgan fingerprint density at radius 3 is 2.59 bits per heavy atom. The van der Waals surface area contributed by atoms with Crippen LogP contribution >= 0.6 is 0 Å². The number of hydrogen-bond acceptors (Lipinski definition) is 6. The van der Waals surface area contributed by atoms with Gasteiger partial charge < -0.3 is 15.2 Å². The Morgan fingerprint density at radius 1 is 1.07 bits per heavy atom. The van der Waals surface area contributed by atoms with Gasteiger partial charge in [0.1, 0.15) is 11.4 Å². The SMILES string of the molecule is Oc1cc(C(F)F)ccc1-c1nnc(NC2CC3CCC(C2)O3)c2cnccc12. The number of fused-ring (bicyclic) bond motifs is 3. The van der Waals surface area contributed by atoms with E-state index in [0.29, 0.717) is 29.3 Å². The summed E-state index contributed by atoms with van der Waals surface area (Å²) in [7, 11) is 0. The molecule has 0 amide bonds. The molecule has 150 valence electrons. The van der Waals surface area contributed by atoms with Crippen molar-refractivity contribution in [2.24, 2.45) is 0 Å². The van der Waals surface area contributed by atoms with E-state index in [1.54, 1.807) is 18.5 Å². The Hall–Kier alpha value is -2.87. The molecule has 5 rings (SSSR count). The smallest absolute Gasteiger partial charge is 0.263 e. The molecule has 8 heteroatoms. The minimum absolute atomic E-state index is 0.238. The van der Waals surface area contributed by atoms with Gasteiger partial charge in [0.15, 0.2) is 5.82 Å². The van der Waals surface area contributed by atoms with E-state index in [1.165, 1.54) is 12.1 Å². The van der Waals surface area contributed by atoms with E-state index in [0.717, 1.165) is 42.5 Å². The maximum atomic E-state index is 12.9. The third-order valence-electron chi connectivity index (χ3n) is 5.74. The molecule has 1 aromatic carbocycles. The summed E-state index contributed by atoms with van der Waals surface area (Å²) in [4.78, 5) is 4.21. The molecule has 0 aliphatic carbocycles. The summed E-state index contributed by atoms with van der Waals surface area (Å²) in [5.74, 6) is 0.378. The number of alkyl halides is 2. The van der Waals surface area contributed by atoms with Crippen LogP contribution in [0.25, 0.3) is 22.0 Å². The number of nitrogens with one attached hydrogen (secondary N) is 1. The molecule has 3 aromatic rings. The first kappa shape index (κ1) is 18.2. The number of benzene rings is 1. The van der Waals surface area contributed by atoms with Crippen molar-refractivity contribution in [3.05, 3.63) is 42.2 Å². The molecule has 2 aliphatic heterocycles.